The van der Waals surface area contributed by atoms with E-state index >= 15 is 0 Å². The fourth-order valence-electron chi connectivity index (χ4n) is 2.62. The molecular weight excluding hydrogens is 758 g/mol. The van der Waals surface area contributed by atoms with Crippen molar-refractivity contribution < 1.29 is 115 Å². The van der Waals surface area contributed by atoms with Crippen molar-refractivity contribution in [1.82, 2.24) is 21.3 Å². The maximum Gasteiger partial charge on any atom is 0.408 e. The van der Waals surface area contributed by atoms with Crippen LogP contribution in [0.15, 0.2) is 0 Å². The largest absolute Gasteiger partial charge is 0.467 e. The van der Waals surface area contributed by atoms with Crippen molar-refractivity contribution >= 4 is 48.3 Å². The molecule has 4 aliphatic rings. The molecule has 4 fully saturated rings. The van der Waals surface area contributed by atoms with E-state index in [1.807, 2.05) is 0 Å². The van der Waals surface area contributed by atoms with Gasteiger partial charge in [0.15, 0.2) is 24.2 Å². The van der Waals surface area contributed by atoms with Gasteiger partial charge in [0.2, 0.25) is 0 Å². The molecule has 4 saturated heterocycles. The Kier molecular flexibility index (Phi) is 20.2. The number of hydrogen-bond donors (Lipinski definition) is 4. The van der Waals surface area contributed by atoms with Crippen molar-refractivity contribution in [2.75, 3.05) is 54.9 Å². The van der Waals surface area contributed by atoms with E-state index in [0.717, 1.165) is 0 Å². The number of ether oxygens (including phenoxy) is 8. The van der Waals surface area contributed by atoms with Crippen LogP contribution in [0.5, 0.6) is 0 Å². The molecule has 22 heteroatoms. The van der Waals surface area contributed by atoms with E-state index in [4.69, 9.17) is 0 Å². The van der Waals surface area contributed by atoms with Gasteiger partial charge < -0.3 is 59.2 Å². The van der Waals surface area contributed by atoms with Crippen LogP contribution in [0.2, 0.25) is 0 Å². The van der Waals surface area contributed by atoms with Crippen molar-refractivity contribution in [2.45, 2.75) is 24.2 Å². The van der Waals surface area contributed by atoms with Gasteiger partial charge in [-0.25, -0.2) is 38.4 Å². The summed E-state index contributed by atoms with van der Waals surface area (Å²) in [5.41, 5.74) is 0. The Bertz CT molecular complexity index is 832. The molecule has 4 rings (SSSR count). The molecule has 20 nitrogen and oxygen atoms in total. The maximum absolute atomic E-state index is 10.6. The van der Waals surface area contributed by atoms with Crippen LogP contribution in [0.1, 0.15) is 0 Å². The van der Waals surface area contributed by atoms with Crippen LogP contribution in [0.4, 0.5) is 19.2 Å². The fourth-order valence-corrected chi connectivity index (χ4v) is 2.62. The smallest absolute Gasteiger partial charge is 0.408 e. The quantitative estimate of drug-likeness (QED) is 0.126. The maximum atomic E-state index is 10.6. The fraction of sp³-hybridized carbons (Fsp3) is 0.600. The molecule has 4 N–H and O–H groups in total. The van der Waals surface area contributed by atoms with Crippen LogP contribution in [-0.2, 0) is 96.0 Å². The van der Waals surface area contributed by atoms with Crippen LogP contribution >= 0.6 is 0 Å². The molecule has 4 atom stereocenters. The summed E-state index contributed by atoms with van der Waals surface area (Å²) in [5.74, 6) is -1.92. The SMILES string of the molecule is COC(=O)[C@@H]1COC(=O)N1.COC(=O)[C@@H]1COC(=O)N1.COC(=O)[C@@H]1COC(=O)N1.COC(=O)[C@@H]1COC(=O)N1.[Rh].[Rh]. The summed E-state index contributed by atoms with van der Waals surface area (Å²) < 4.78 is 35.1. The molecule has 0 unspecified atom stereocenters. The molecule has 4 aliphatic heterocycles. The minimum absolute atomic E-state index is 0. The Morgan fingerprint density at radius 2 is 0.643 bits per heavy atom. The first-order valence-electron chi connectivity index (χ1n) is 11.0. The van der Waals surface area contributed by atoms with Crippen molar-refractivity contribution in [3.63, 3.8) is 0 Å². The van der Waals surface area contributed by atoms with Crippen molar-refractivity contribution in [2.24, 2.45) is 0 Å². The zero-order valence-corrected chi connectivity index (χ0v) is 25.6. The normalized spacial score (nSPS) is 22.2. The standard InChI is InChI=1S/4C5H7NO4.2Rh/c4*1-9-4(7)3-2-10-5(8)6-3;;/h4*3H,2H2,1H3,(H,6,8);;/t4*3-;;/m0000../s1. The van der Waals surface area contributed by atoms with Gasteiger partial charge in [-0.3, -0.25) is 0 Å². The van der Waals surface area contributed by atoms with E-state index in [0.29, 0.717) is 0 Å². The summed E-state index contributed by atoms with van der Waals surface area (Å²) in [7, 11) is 5.03. The van der Waals surface area contributed by atoms with Gasteiger partial charge in [0.1, 0.15) is 26.4 Å². The van der Waals surface area contributed by atoms with Gasteiger partial charge in [-0.1, -0.05) is 0 Å². The van der Waals surface area contributed by atoms with Crippen LogP contribution < -0.4 is 21.3 Å². The number of carbonyl (C=O) groups excluding carboxylic acids is 8. The van der Waals surface area contributed by atoms with Gasteiger partial charge >= 0.3 is 48.3 Å². The third-order valence-corrected chi connectivity index (χ3v) is 4.64. The Morgan fingerprint density at radius 1 is 0.476 bits per heavy atom. The van der Waals surface area contributed by atoms with Crippen LogP contribution in [0.25, 0.3) is 0 Å². The molecule has 0 aliphatic carbocycles. The summed E-state index contributed by atoms with van der Waals surface area (Å²) in [4.78, 5) is 83.9. The van der Waals surface area contributed by atoms with Crippen molar-refractivity contribution in [3.05, 3.63) is 0 Å². The molecule has 0 bridgehead atoms. The number of rotatable bonds is 4. The third-order valence-electron chi connectivity index (χ3n) is 4.64. The summed E-state index contributed by atoms with van der Waals surface area (Å²) in [6.45, 7) is 0.244. The van der Waals surface area contributed by atoms with E-state index < -0.39 is 72.4 Å². The Morgan fingerprint density at radius 3 is 0.738 bits per heavy atom. The number of hydrogen-bond acceptors (Lipinski definition) is 16. The first kappa shape index (κ1) is 40.3. The molecule has 0 aromatic carbocycles. The molecule has 42 heavy (non-hydrogen) atoms. The van der Waals surface area contributed by atoms with Crippen LogP contribution in [0, 0.1) is 0 Å². The van der Waals surface area contributed by atoms with Crippen molar-refractivity contribution in [1.29, 1.82) is 0 Å². The minimum Gasteiger partial charge on any atom is -0.467 e. The zero-order chi connectivity index (χ0) is 30.2. The first-order chi connectivity index (χ1) is 18.9. The number of alkyl carbamates (subject to hydrolysis) is 4. The summed E-state index contributed by atoms with van der Waals surface area (Å²) in [6.07, 6.45) is -2.29. The number of cyclic esters (lactones) is 4. The van der Waals surface area contributed by atoms with E-state index in [1.165, 1.54) is 28.4 Å². The Balaban J connectivity index is 0. The minimum atomic E-state index is -0.627. The summed E-state index contributed by atoms with van der Waals surface area (Å²) in [5, 5.41) is 9.08. The van der Waals surface area contributed by atoms with E-state index in [2.05, 4.69) is 59.2 Å². The van der Waals surface area contributed by atoms with Gasteiger partial charge in [-0.2, -0.15) is 0 Å². The second-order valence-corrected chi connectivity index (χ2v) is 7.27. The Hall–Kier alpha value is -3.79. The monoisotopic (exact) mass is 786 g/mol. The van der Waals surface area contributed by atoms with Crippen molar-refractivity contribution in [3.8, 4) is 0 Å². The summed E-state index contributed by atoms with van der Waals surface area (Å²) >= 11 is 0. The molecule has 0 aromatic heterocycles. The predicted octanol–water partition coefficient (Wildman–Crippen LogP) is -2.93. The second kappa shape index (κ2) is 21.0. The number of carbonyl (C=O) groups is 8. The molecule has 4 amide bonds. The Labute approximate surface area is 263 Å². The molecule has 0 spiro atoms. The van der Waals surface area contributed by atoms with E-state index in [1.54, 1.807) is 0 Å². The van der Waals surface area contributed by atoms with Gasteiger partial charge in [0, 0.05) is 39.0 Å². The van der Waals surface area contributed by atoms with Crippen LogP contribution in [-0.4, -0.2) is 127 Å². The third kappa shape index (κ3) is 14.2. The number of esters is 4. The number of methoxy groups -OCH3 is 4. The van der Waals surface area contributed by atoms with Crippen LogP contribution in [0.3, 0.4) is 0 Å². The van der Waals surface area contributed by atoms with E-state index in [-0.39, 0.29) is 65.4 Å². The predicted molar refractivity (Wildman–Crippen MR) is 121 cm³/mol. The summed E-state index contributed by atoms with van der Waals surface area (Å²) in [6, 6.07) is -2.51. The van der Waals surface area contributed by atoms with Gasteiger partial charge in [0.05, 0.1) is 28.4 Å². The molecule has 0 saturated carbocycles. The molecule has 0 aromatic rings. The number of amides is 4. The van der Waals surface area contributed by atoms with Gasteiger partial charge in [0.25, 0.3) is 0 Å². The average molecular weight is 786 g/mol. The zero-order valence-electron chi connectivity index (χ0n) is 22.3. The molecule has 2 radical (unpaired) electrons. The molecular formula is C20H28N4O16Rh2. The van der Waals surface area contributed by atoms with E-state index in [9.17, 15) is 38.4 Å². The van der Waals surface area contributed by atoms with Gasteiger partial charge in [-0.05, 0) is 0 Å². The van der Waals surface area contributed by atoms with Gasteiger partial charge in [-0.15, -0.1) is 0 Å². The molecule has 4 heterocycles. The molecule has 242 valence electrons. The first-order valence-corrected chi connectivity index (χ1v) is 11.0. The average Bonchev–Trinajstić information content (AvgIpc) is 3.77. The number of nitrogens with one attached hydrogen (secondary N) is 4. The second-order valence-electron chi connectivity index (χ2n) is 7.27. The topological polar surface area (TPSA) is 259 Å².